The van der Waals surface area contributed by atoms with Gasteiger partial charge in [-0.2, -0.15) is 0 Å². The van der Waals surface area contributed by atoms with Crippen LogP contribution >= 0.6 is 0 Å². The van der Waals surface area contributed by atoms with Crippen molar-refractivity contribution in [1.29, 1.82) is 0 Å². The van der Waals surface area contributed by atoms with E-state index in [1.807, 2.05) is 32.9 Å². The fourth-order valence-corrected chi connectivity index (χ4v) is 6.51. The van der Waals surface area contributed by atoms with Crippen LogP contribution in [0.15, 0.2) is 12.2 Å². The van der Waals surface area contributed by atoms with Gasteiger partial charge in [-0.15, -0.1) is 0 Å². The van der Waals surface area contributed by atoms with Gasteiger partial charge in [0.1, 0.15) is 17.2 Å². The summed E-state index contributed by atoms with van der Waals surface area (Å²) in [5.41, 5.74) is -0.926. The van der Waals surface area contributed by atoms with Crippen LogP contribution in [0.4, 0.5) is 0 Å². The van der Waals surface area contributed by atoms with Gasteiger partial charge in [0.05, 0.1) is 30.1 Å². The Bertz CT molecular complexity index is 887. The summed E-state index contributed by atoms with van der Waals surface area (Å²) in [5, 5.41) is 22.8. The molecule has 0 aromatic rings. The van der Waals surface area contributed by atoms with Gasteiger partial charge >= 0.3 is 0 Å². The number of ether oxygens (including phenoxy) is 1. The topological polar surface area (TPSA) is 106 Å². The van der Waals surface area contributed by atoms with Crippen LogP contribution in [-0.2, 0) is 23.2 Å². The number of epoxide rings is 1. The van der Waals surface area contributed by atoms with Gasteiger partial charge in [0.2, 0.25) is 0 Å². The smallest absolute Gasteiger partial charge is 0.192 e. The molecule has 1 aliphatic heterocycles. The summed E-state index contributed by atoms with van der Waals surface area (Å²) in [6, 6.07) is 0. The lowest BCUT2D eigenvalue weighted by Crippen LogP contribution is -2.52. The molecule has 2 N–H and O–H groups in total. The first-order chi connectivity index (χ1) is 18.0. The molecule has 0 saturated carbocycles. The first kappa shape index (κ1) is 37.3. The van der Waals surface area contributed by atoms with Crippen LogP contribution in [0.2, 0.25) is 36.3 Å². The third-order valence-electron chi connectivity index (χ3n) is 9.72. The molecule has 0 spiro atoms. The van der Waals surface area contributed by atoms with Crippen molar-refractivity contribution in [3.05, 3.63) is 12.2 Å². The van der Waals surface area contributed by atoms with Crippen molar-refractivity contribution in [2.45, 2.75) is 142 Å². The Kier molecular flexibility index (Phi) is 12.8. The molecule has 7 nitrogen and oxygen atoms in total. The molecule has 0 aliphatic carbocycles. The highest BCUT2D eigenvalue weighted by molar-refractivity contribution is 6.74. The monoisotopic (exact) mass is 600 g/mol. The highest BCUT2D eigenvalue weighted by Crippen LogP contribution is 2.47. The molecule has 0 bridgehead atoms. The number of allylic oxidation sites excluding steroid dienone is 1. The molecule has 40 heavy (non-hydrogen) atoms. The minimum Gasteiger partial charge on any atom is -0.416 e. The van der Waals surface area contributed by atoms with Gasteiger partial charge in [0.15, 0.2) is 16.6 Å². The molecule has 1 saturated heterocycles. The maximum Gasteiger partial charge on any atom is 0.192 e. The van der Waals surface area contributed by atoms with Crippen molar-refractivity contribution in [3.8, 4) is 0 Å². The molecule has 0 amide bonds. The van der Waals surface area contributed by atoms with Crippen molar-refractivity contribution in [3.63, 3.8) is 0 Å². The Morgan fingerprint density at radius 3 is 1.80 bits per heavy atom. The second kappa shape index (κ2) is 13.7. The van der Waals surface area contributed by atoms with E-state index < -0.39 is 46.3 Å². The maximum absolute atomic E-state index is 14.4. The molecule has 1 fully saturated rings. The van der Waals surface area contributed by atoms with Gasteiger partial charge in [0, 0.05) is 32.0 Å². The molecular weight excluding hydrogens is 541 g/mol. The Balaban J connectivity index is 3.46. The Morgan fingerprint density at radius 2 is 1.40 bits per heavy atom. The molecule has 1 aliphatic rings. The van der Waals surface area contributed by atoms with Gasteiger partial charge < -0.3 is 23.8 Å². The van der Waals surface area contributed by atoms with Crippen LogP contribution in [0.5, 0.6) is 0 Å². The van der Waals surface area contributed by atoms with Gasteiger partial charge in [-0.3, -0.25) is 9.59 Å². The van der Waals surface area contributed by atoms with E-state index in [0.717, 1.165) is 0 Å². The van der Waals surface area contributed by atoms with E-state index in [9.17, 15) is 19.8 Å². The minimum absolute atomic E-state index is 0.00717. The van der Waals surface area contributed by atoms with Crippen molar-refractivity contribution in [1.82, 2.24) is 0 Å². The number of carbonyl (C=O) groups excluding carboxylic acids is 2. The number of hydrogen-bond acceptors (Lipinski definition) is 7. The summed E-state index contributed by atoms with van der Waals surface area (Å²) < 4.78 is 19.0. The van der Waals surface area contributed by atoms with Crippen molar-refractivity contribution < 1.29 is 33.4 Å². The van der Waals surface area contributed by atoms with Crippen LogP contribution < -0.4 is 0 Å². The number of aliphatic hydroxyl groups is 2. The molecule has 0 radical (unpaired) electrons. The molecule has 0 aromatic carbocycles. The summed E-state index contributed by atoms with van der Waals surface area (Å²) in [6.45, 7) is 28.7. The predicted molar refractivity (Wildman–Crippen MR) is 167 cm³/mol. The van der Waals surface area contributed by atoms with E-state index in [4.69, 9.17) is 13.6 Å². The molecule has 9 heteroatoms. The molecule has 1 rings (SSSR count). The first-order valence-corrected chi connectivity index (χ1v) is 20.8. The third-order valence-corrected chi connectivity index (χ3v) is 18.7. The van der Waals surface area contributed by atoms with E-state index >= 15 is 0 Å². The number of hydrogen-bond donors (Lipinski definition) is 2. The quantitative estimate of drug-likeness (QED) is 0.122. The highest BCUT2D eigenvalue weighted by atomic mass is 28.4. The summed E-state index contributed by atoms with van der Waals surface area (Å²) in [5.74, 6) is -2.31. The molecule has 7 atom stereocenters. The second-order valence-corrected chi connectivity index (χ2v) is 24.6. The van der Waals surface area contributed by atoms with Crippen LogP contribution in [0, 0.1) is 17.8 Å². The average molecular weight is 601 g/mol. The van der Waals surface area contributed by atoms with Crippen molar-refractivity contribution in [2.24, 2.45) is 17.8 Å². The molecular formula is C31H60O7Si2. The fraction of sp³-hybridized carbons (Fsp3) is 0.871. The standard InChI is InChI=1S/C31H60O7Si2/c1-15-17-21(3)28-31(10,38-28)27(35)24(20-37-40(13,14)30(7,8)9)26(34)23(25(33)18-22(32)16-2)19-36-39(11,12)29(4,5)6/h15,17,21,23-25,27-28,33,35H,16,18-20H2,1-14H3/b17-15-/t21-,23+,24-,25-,27-,28+,31-/m0/s1. The molecule has 1 heterocycles. The number of Topliss-reactive ketones (excluding diaryl/α,β-unsaturated/α-hetero) is 2. The van der Waals surface area contributed by atoms with Crippen LogP contribution in [0.25, 0.3) is 0 Å². The number of rotatable bonds is 16. The van der Waals surface area contributed by atoms with Crippen LogP contribution in [0.1, 0.15) is 82.1 Å². The zero-order valence-corrected chi connectivity index (χ0v) is 29.9. The summed E-state index contributed by atoms with van der Waals surface area (Å²) in [6.07, 6.45) is 1.53. The summed E-state index contributed by atoms with van der Waals surface area (Å²) in [4.78, 5) is 26.7. The Morgan fingerprint density at radius 1 is 0.950 bits per heavy atom. The van der Waals surface area contributed by atoms with Crippen LogP contribution in [0.3, 0.4) is 0 Å². The van der Waals surface area contributed by atoms with Crippen molar-refractivity contribution in [2.75, 3.05) is 13.2 Å². The number of aliphatic hydroxyl groups excluding tert-OH is 2. The minimum atomic E-state index is -2.27. The van der Waals surface area contributed by atoms with E-state index in [1.54, 1.807) is 6.92 Å². The maximum atomic E-state index is 14.4. The highest BCUT2D eigenvalue weighted by Gasteiger charge is 2.62. The van der Waals surface area contributed by atoms with Gasteiger partial charge in [-0.1, -0.05) is 67.5 Å². The van der Waals surface area contributed by atoms with Crippen LogP contribution in [-0.4, -0.2) is 75.5 Å². The molecule has 0 unspecified atom stereocenters. The van der Waals surface area contributed by atoms with E-state index in [2.05, 4.69) is 67.7 Å². The number of carbonyl (C=O) groups is 2. The lowest BCUT2D eigenvalue weighted by molar-refractivity contribution is -0.140. The summed E-state index contributed by atoms with van der Waals surface area (Å²) in [7, 11) is -4.54. The Labute approximate surface area is 246 Å². The number of ketones is 2. The normalized spacial score (nSPS) is 24.4. The predicted octanol–water partition coefficient (Wildman–Crippen LogP) is 6.29. The largest absolute Gasteiger partial charge is 0.416 e. The zero-order chi connectivity index (χ0) is 31.5. The van der Waals surface area contributed by atoms with Gasteiger partial charge in [-0.05, 0) is 50.1 Å². The first-order valence-electron chi connectivity index (χ1n) is 15.0. The van der Waals surface area contributed by atoms with E-state index in [0.29, 0.717) is 0 Å². The lowest BCUT2D eigenvalue weighted by atomic mass is 9.79. The Hall–Kier alpha value is -0.686. The molecule has 234 valence electrons. The van der Waals surface area contributed by atoms with Gasteiger partial charge in [0.25, 0.3) is 0 Å². The van der Waals surface area contributed by atoms with Gasteiger partial charge in [-0.25, -0.2) is 0 Å². The van der Waals surface area contributed by atoms with E-state index in [1.165, 1.54) is 0 Å². The summed E-state index contributed by atoms with van der Waals surface area (Å²) >= 11 is 0. The fourth-order valence-electron chi connectivity index (χ4n) is 4.45. The molecule has 0 aromatic heterocycles. The SMILES string of the molecule is C/C=C\[C@H](C)[C@H]1O[C@@]1(C)[C@@H](O)[C@@H](CO[Si](C)(C)C(C)(C)C)C(=O)[C@H](CO[Si](C)(C)C(C)(C)C)[C@@H](O)CC(=O)CC. The van der Waals surface area contributed by atoms with E-state index in [-0.39, 0.29) is 59.7 Å². The zero-order valence-electron chi connectivity index (χ0n) is 27.9. The third kappa shape index (κ3) is 9.15. The average Bonchev–Trinajstić information content (AvgIpc) is 3.50. The second-order valence-electron chi connectivity index (χ2n) is 15.0. The lowest BCUT2D eigenvalue weighted by Gasteiger charge is -2.40. The van der Waals surface area contributed by atoms with Crippen molar-refractivity contribution >= 4 is 28.2 Å².